The van der Waals surface area contributed by atoms with Gasteiger partial charge in [0.05, 0.1) is 12.2 Å². The van der Waals surface area contributed by atoms with E-state index in [0.717, 1.165) is 24.5 Å². The number of azide groups is 1. The third-order valence-corrected chi connectivity index (χ3v) is 2.11. The second-order valence-electron chi connectivity index (χ2n) is 2.91. The molecular formula is C7H9N5O. The minimum Gasteiger partial charge on any atom is -0.448 e. The molecule has 0 aliphatic carbocycles. The van der Waals surface area contributed by atoms with Crippen LogP contribution in [0.3, 0.4) is 0 Å². The molecule has 2 heterocycles. The molecule has 0 aromatic carbocycles. The summed E-state index contributed by atoms with van der Waals surface area (Å²) in [5, 5.41) is 6.59. The average molecular weight is 179 g/mol. The fourth-order valence-electron chi connectivity index (χ4n) is 1.30. The van der Waals surface area contributed by atoms with Gasteiger partial charge in [0.25, 0.3) is 0 Å². The zero-order valence-corrected chi connectivity index (χ0v) is 6.97. The van der Waals surface area contributed by atoms with Crippen LogP contribution in [0.1, 0.15) is 17.4 Å². The summed E-state index contributed by atoms with van der Waals surface area (Å²) in [6.07, 6.45) is 1.40. The van der Waals surface area contributed by atoms with E-state index in [-0.39, 0.29) is 6.54 Å². The van der Waals surface area contributed by atoms with Crippen molar-refractivity contribution in [2.45, 2.75) is 12.5 Å². The number of oxazole rings is 1. The van der Waals surface area contributed by atoms with E-state index >= 15 is 0 Å². The van der Waals surface area contributed by atoms with Crippen molar-refractivity contribution < 1.29 is 4.42 Å². The van der Waals surface area contributed by atoms with E-state index < -0.39 is 0 Å². The van der Waals surface area contributed by atoms with Crippen LogP contribution in [0.2, 0.25) is 0 Å². The van der Waals surface area contributed by atoms with E-state index in [1.165, 1.54) is 6.39 Å². The molecule has 0 amide bonds. The molecule has 1 N–H and O–H groups in total. The molecule has 1 aliphatic rings. The average Bonchev–Trinajstić information content (AvgIpc) is 2.46. The first-order valence-corrected chi connectivity index (χ1v) is 4.05. The maximum atomic E-state index is 8.15. The Kier molecular flexibility index (Phi) is 2.16. The monoisotopic (exact) mass is 179 g/mol. The minimum absolute atomic E-state index is 0.277. The van der Waals surface area contributed by atoms with Crippen LogP contribution in [-0.4, -0.2) is 18.1 Å². The van der Waals surface area contributed by atoms with Crippen LogP contribution in [0, 0.1) is 0 Å². The summed E-state index contributed by atoms with van der Waals surface area (Å²) in [6, 6.07) is 0. The van der Waals surface area contributed by atoms with E-state index in [0.29, 0.717) is 5.92 Å². The summed E-state index contributed by atoms with van der Waals surface area (Å²) in [5.41, 5.74) is 8.91. The first kappa shape index (κ1) is 8.10. The topological polar surface area (TPSA) is 86.8 Å². The van der Waals surface area contributed by atoms with Gasteiger partial charge in [0.1, 0.15) is 5.76 Å². The maximum absolute atomic E-state index is 8.15. The number of nitrogens with one attached hydrogen (secondary N) is 1. The van der Waals surface area contributed by atoms with Gasteiger partial charge in [-0.2, -0.15) is 0 Å². The molecule has 0 bridgehead atoms. The lowest BCUT2D eigenvalue weighted by Gasteiger charge is -2.25. The predicted molar refractivity (Wildman–Crippen MR) is 45.0 cm³/mol. The Morgan fingerprint density at radius 1 is 1.77 bits per heavy atom. The van der Waals surface area contributed by atoms with Crippen LogP contribution in [0.5, 0.6) is 0 Å². The van der Waals surface area contributed by atoms with Crippen LogP contribution < -0.4 is 5.32 Å². The van der Waals surface area contributed by atoms with Crippen LogP contribution in [0.15, 0.2) is 15.9 Å². The van der Waals surface area contributed by atoms with Crippen LogP contribution in [0.4, 0.5) is 0 Å². The molecule has 1 aromatic heterocycles. The molecule has 0 saturated carbocycles. The Morgan fingerprint density at radius 3 is 3.23 bits per heavy atom. The van der Waals surface area contributed by atoms with Gasteiger partial charge in [0, 0.05) is 23.9 Å². The van der Waals surface area contributed by atoms with Gasteiger partial charge in [-0.1, -0.05) is 5.11 Å². The molecule has 0 radical (unpaired) electrons. The largest absolute Gasteiger partial charge is 0.448 e. The van der Waals surface area contributed by atoms with Gasteiger partial charge in [-0.05, 0) is 5.53 Å². The molecule has 6 heteroatoms. The minimum atomic E-state index is 0.277. The molecule has 2 rings (SSSR count). The van der Waals surface area contributed by atoms with Gasteiger partial charge >= 0.3 is 0 Å². The summed E-state index contributed by atoms with van der Waals surface area (Å²) < 4.78 is 5.23. The van der Waals surface area contributed by atoms with Crippen molar-refractivity contribution in [2.24, 2.45) is 5.11 Å². The Labute approximate surface area is 74.6 Å². The third-order valence-electron chi connectivity index (χ3n) is 2.11. The van der Waals surface area contributed by atoms with E-state index in [9.17, 15) is 0 Å². The normalized spacial score (nSPS) is 16.3. The van der Waals surface area contributed by atoms with Crippen molar-refractivity contribution in [1.29, 1.82) is 0 Å². The third kappa shape index (κ3) is 1.49. The fourth-order valence-corrected chi connectivity index (χ4v) is 1.30. The van der Waals surface area contributed by atoms with Crippen molar-refractivity contribution in [3.63, 3.8) is 0 Å². The van der Waals surface area contributed by atoms with Crippen molar-refractivity contribution in [3.8, 4) is 0 Å². The van der Waals surface area contributed by atoms with Gasteiger partial charge < -0.3 is 9.73 Å². The Balaban J connectivity index is 2.14. The molecule has 0 atom stereocenters. The van der Waals surface area contributed by atoms with Crippen LogP contribution >= 0.6 is 0 Å². The summed E-state index contributed by atoms with van der Waals surface area (Å²) in [4.78, 5) is 6.68. The Bertz CT molecular complexity index is 336. The highest BCUT2D eigenvalue weighted by atomic mass is 16.3. The zero-order valence-electron chi connectivity index (χ0n) is 6.97. The lowest BCUT2D eigenvalue weighted by Crippen LogP contribution is -2.40. The molecule has 0 unspecified atom stereocenters. The molecule has 1 aliphatic heterocycles. The lowest BCUT2D eigenvalue weighted by molar-refractivity contribution is 0.365. The number of rotatable bonds is 3. The summed E-state index contributed by atoms with van der Waals surface area (Å²) in [7, 11) is 0. The number of hydrogen-bond donors (Lipinski definition) is 1. The van der Waals surface area contributed by atoms with E-state index in [2.05, 4.69) is 20.3 Å². The Morgan fingerprint density at radius 2 is 2.62 bits per heavy atom. The van der Waals surface area contributed by atoms with Crippen molar-refractivity contribution in [3.05, 3.63) is 28.3 Å². The zero-order chi connectivity index (χ0) is 9.10. The molecule has 1 saturated heterocycles. The predicted octanol–water partition coefficient (Wildman–Crippen LogP) is 1.17. The van der Waals surface area contributed by atoms with Gasteiger partial charge in [-0.15, -0.1) is 0 Å². The first-order chi connectivity index (χ1) is 6.42. The van der Waals surface area contributed by atoms with Crippen LogP contribution in [0.25, 0.3) is 10.4 Å². The van der Waals surface area contributed by atoms with Crippen LogP contribution in [-0.2, 0) is 6.54 Å². The van der Waals surface area contributed by atoms with Crippen molar-refractivity contribution in [1.82, 2.24) is 10.3 Å². The highest BCUT2D eigenvalue weighted by molar-refractivity contribution is 5.16. The first-order valence-electron chi connectivity index (χ1n) is 4.05. The number of nitrogens with zero attached hydrogens (tertiary/aromatic N) is 4. The summed E-state index contributed by atoms with van der Waals surface area (Å²) in [6.45, 7) is 2.11. The van der Waals surface area contributed by atoms with Crippen molar-refractivity contribution >= 4 is 0 Å². The van der Waals surface area contributed by atoms with Gasteiger partial charge in [-0.25, -0.2) is 4.98 Å². The highest BCUT2D eigenvalue weighted by Crippen LogP contribution is 2.23. The summed E-state index contributed by atoms with van der Waals surface area (Å²) >= 11 is 0. The van der Waals surface area contributed by atoms with E-state index in [1.807, 2.05) is 0 Å². The van der Waals surface area contributed by atoms with Gasteiger partial charge in [0.2, 0.25) is 0 Å². The number of aromatic nitrogens is 1. The molecule has 1 fully saturated rings. The molecule has 13 heavy (non-hydrogen) atoms. The molecule has 1 aromatic rings. The molecule has 6 nitrogen and oxygen atoms in total. The molecular weight excluding hydrogens is 170 g/mol. The summed E-state index contributed by atoms with van der Waals surface area (Å²) in [5.74, 6) is 1.25. The Hall–Kier alpha value is -1.52. The maximum Gasteiger partial charge on any atom is 0.181 e. The smallest absolute Gasteiger partial charge is 0.181 e. The van der Waals surface area contributed by atoms with E-state index in [1.54, 1.807) is 0 Å². The molecule has 68 valence electrons. The SMILES string of the molecule is [N-]=[N+]=NCc1ncoc1C1CNC1. The highest BCUT2D eigenvalue weighted by Gasteiger charge is 2.25. The fraction of sp³-hybridized carbons (Fsp3) is 0.571. The molecule has 0 spiro atoms. The van der Waals surface area contributed by atoms with Crippen molar-refractivity contribution in [2.75, 3.05) is 13.1 Å². The van der Waals surface area contributed by atoms with E-state index in [4.69, 9.17) is 9.95 Å². The second kappa shape index (κ2) is 3.47. The standard InChI is InChI=1S/C7H9N5O/c8-12-11-3-6-7(13-4-10-6)5-1-9-2-5/h4-5,9H,1-3H2. The number of hydrogen-bond acceptors (Lipinski definition) is 4. The van der Waals surface area contributed by atoms with Gasteiger partial charge in [0.15, 0.2) is 6.39 Å². The lowest BCUT2D eigenvalue weighted by atomic mass is 9.99. The second-order valence-corrected chi connectivity index (χ2v) is 2.91. The quantitative estimate of drug-likeness (QED) is 0.429. The van der Waals surface area contributed by atoms with Gasteiger partial charge in [-0.3, -0.25) is 0 Å².